The van der Waals surface area contributed by atoms with Crippen LogP contribution in [0, 0.1) is 20.8 Å². The minimum Gasteiger partial charge on any atom is -0.496 e. The van der Waals surface area contributed by atoms with Gasteiger partial charge in [0.2, 0.25) is 0 Å². The molecule has 0 unspecified atom stereocenters. The number of H-pyrrole nitrogens is 1. The van der Waals surface area contributed by atoms with Crippen molar-refractivity contribution in [3.8, 4) is 22.7 Å². The van der Waals surface area contributed by atoms with Gasteiger partial charge in [-0.2, -0.15) is 0 Å². The number of aromatic amines is 1. The summed E-state index contributed by atoms with van der Waals surface area (Å²) in [5, 5.41) is 5.86. The number of methoxy groups -OCH3 is 1. The number of ether oxygens (including phenoxy) is 1. The van der Waals surface area contributed by atoms with Crippen LogP contribution in [0.2, 0.25) is 0 Å². The topological polar surface area (TPSA) is 96.4 Å². The highest BCUT2D eigenvalue weighted by atomic mass is 16.5. The van der Waals surface area contributed by atoms with Gasteiger partial charge < -0.3 is 10.1 Å². The zero-order valence-corrected chi connectivity index (χ0v) is 21.7. The summed E-state index contributed by atoms with van der Waals surface area (Å²) in [5.41, 5.74) is 5.61. The predicted molar refractivity (Wildman–Crippen MR) is 146 cm³/mol. The Labute approximate surface area is 220 Å². The molecule has 0 bridgehead atoms. The Morgan fingerprint density at radius 3 is 2.32 bits per heavy atom. The summed E-state index contributed by atoms with van der Waals surface area (Å²) in [4.78, 5) is 40.9. The maximum absolute atomic E-state index is 13.8. The number of rotatable bonds is 6. The van der Waals surface area contributed by atoms with Crippen LogP contribution in [0.15, 0.2) is 77.2 Å². The summed E-state index contributed by atoms with van der Waals surface area (Å²) in [7, 11) is 1.56. The lowest BCUT2D eigenvalue weighted by atomic mass is 10.1. The van der Waals surface area contributed by atoms with Crippen LogP contribution in [0.5, 0.6) is 5.75 Å². The quantitative estimate of drug-likeness (QED) is 0.287. The first-order chi connectivity index (χ1) is 18.3. The lowest BCUT2D eigenvalue weighted by molar-refractivity contribution is -0.123. The van der Waals surface area contributed by atoms with E-state index in [2.05, 4.69) is 10.4 Å². The van der Waals surface area contributed by atoms with Crippen LogP contribution in [0.1, 0.15) is 27.8 Å². The fourth-order valence-electron chi connectivity index (χ4n) is 4.60. The number of urea groups is 1. The number of carbonyl (C=O) groups is 2. The summed E-state index contributed by atoms with van der Waals surface area (Å²) in [6.07, 6.45) is 1.44. The summed E-state index contributed by atoms with van der Waals surface area (Å²) in [5.74, 6) is 0.0594. The van der Waals surface area contributed by atoms with E-state index in [0.717, 1.165) is 27.2 Å². The fraction of sp³-hybridized carbons (Fsp3) is 0.167. The van der Waals surface area contributed by atoms with E-state index in [1.54, 1.807) is 13.2 Å². The van der Waals surface area contributed by atoms with Crippen LogP contribution < -0.4 is 15.6 Å². The van der Waals surface area contributed by atoms with Crippen molar-refractivity contribution in [3.63, 3.8) is 0 Å². The first kappa shape index (κ1) is 24.8. The van der Waals surface area contributed by atoms with E-state index in [-0.39, 0.29) is 23.4 Å². The third-order valence-electron chi connectivity index (χ3n) is 6.61. The van der Waals surface area contributed by atoms with Crippen LogP contribution in [-0.4, -0.2) is 33.7 Å². The maximum atomic E-state index is 13.8. The third kappa shape index (κ3) is 4.52. The van der Waals surface area contributed by atoms with Crippen molar-refractivity contribution in [2.24, 2.45) is 0 Å². The average molecular weight is 509 g/mol. The van der Waals surface area contributed by atoms with Gasteiger partial charge in [0.1, 0.15) is 11.4 Å². The molecule has 0 radical (unpaired) electrons. The van der Waals surface area contributed by atoms with Crippen molar-refractivity contribution in [2.45, 2.75) is 27.3 Å². The number of amides is 3. The monoisotopic (exact) mass is 508 g/mol. The summed E-state index contributed by atoms with van der Waals surface area (Å²) < 4.78 is 7.00. The van der Waals surface area contributed by atoms with E-state index in [1.807, 2.05) is 81.4 Å². The highest BCUT2D eigenvalue weighted by Crippen LogP contribution is 2.32. The van der Waals surface area contributed by atoms with Gasteiger partial charge in [0, 0.05) is 5.56 Å². The molecule has 1 aliphatic rings. The third-order valence-corrected chi connectivity index (χ3v) is 6.61. The smallest absolute Gasteiger partial charge is 0.329 e. The Hall–Kier alpha value is -4.85. The SMILES string of the molecule is COc1ccccc1-c1[nH]n(-c2ccc(C)cc2C)c(=O)c1C=C1NC(=O)N(Cc2ccc(C)cc2)C1=O. The molecule has 1 aromatic heterocycles. The standard InChI is InChI=1S/C30H28N4O4/c1-18-9-12-21(13-10-18)17-33-29(36)24(31-30(33)37)16-23-27(22-7-5-6-8-26(22)38-4)32-34(28(23)35)25-14-11-19(2)15-20(25)3/h5-16,32H,17H2,1-4H3,(H,31,37). The van der Waals surface area contributed by atoms with E-state index in [9.17, 15) is 14.4 Å². The Morgan fingerprint density at radius 2 is 1.61 bits per heavy atom. The Morgan fingerprint density at radius 1 is 0.895 bits per heavy atom. The van der Waals surface area contributed by atoms with Crippen molar-refractivity contribution in [3.05, 3.63) is 111 Å². The van der Waals surface area contributed by atoms with Gasteiger partial charge in [-0.05, 0) is 56.2 Å². The molecule has 8 nitrogen and oxygen atoms in total. The lowest BCUT2D eigenvalue weighted by Crippen LogP contribution is -2.30. The van der Waals surface area contributed by atoms with E-state index >= 15 is 0 Å². The summed E-state index contributed by atoms with van der Waals surface area (Å²) in [6.45, 7) is 6.02. The van der Waals surface area contributed by atoms with Gasteiger partial charge in [-0.15, -0.1) is 0 Å². The number of carbonyl (C=O) groups excluding carboxylic acids is 2. The second kappa shape index (κ2) is 9.89. The molecule has 0 spiro atoms. The molecule has 4 aromatic rings. The van der Waals surface area contributed by atoms with Gasteiger partial charge in [0.15, 0.2) is 0 Å². The highest BCUT2D eigenvalue weighted by molar-refractivity contribution is 6.14. The number of para-hydroxylation sites is 1. The molecule has 8 heteroatoms. The van der Waals surface area contributed by atoms with Gasteiger partial charge in [-0.25, -0.2) is 9.48 Å². The number of nitrogens with one attached hydrogen (secondary N) is 2. The Kier molecular flexibility index (Phi) is 6.46. The van der Waals surface area contributed by atoms with Crippen molar-refractivity contribution >= 4 is 18.0 Å². The average Bonchev–Trinajstić information content (AvgIpc) is 3.36. The summed E-state index contributed by atoms with van der Waals surface area (Å²) >= 11 is 0. The number of hydrogen-bond donors (Lipinski definition) is 2. The van der Waals surface area contributed by atoms with Crippen molar-refractivity contribution in [1.82, 2.24) is 20.0 Å². The molecule has 38 heavy (non-hydrogen) atoms. The minimum absolute atomic E-state index is 0.0298. The normalized spacial score (nSPS) is 14.3. The molecule has 2 N–H and O–H groups in total. The maximum Gasteiger partial charge on any atom is 0.329 e. The van der Waals surface area contributed by atoms with Crippen molar-refractivity contribution < 1.29 is 14.3 Å². The van der Waals surface area contributed by atoms with E-state index in [1.165, 1.54) is 10.8 Å². The van der Waals surface area contributed by atoms with Gasteiger partial charge in [-0.1, -0.05) is 59.7 Å². The number of nitrogens with zero attached hydrogens (tertiary/aromatic N) is 2. The van der Waals surface area contributed by atoms with E-state index in [4.69, 9.17) is 4.74 Å². The lowest BCUT2D eigenvalue weighted by Gasteiger charge is -2.11. The Bertz CT molecular complexity index is 1640. The zero-order valence-electron chi connectivity index (χ0n) is 21.7. The van der Waals surface area contributed by atoms with Crippen LogP contribution >= 0.6 is 0 Å². The van der Waals surface area contributed by atoms with Gasteiger partial charge in [-0.3, -0.25) is 19.6 Å². The van der Waals surface area contributed by atoms with Crippen molar-refractivity contribution in [1.29, 1.82) is 0 Å². The number of benzene rings is 3. The van der Waals surface area contributed by atoms with Crippen LogP contribution in [0.3, 0.4) is 0 Å². The predicted octanol–water partition coefficient (Wildman–Crippen LogP) is 4.86. The number of imide groups is 1. The molecule has 5 rings (SSSR count). The first-order valence-electron chi connectivity index (χ1n) is 12.2. The first-order valence-corrected chi connectivity index (χ1v) is 12.2. The molecule has 1 aliphatic heterocycles. The van der Waals surface area contributed by atoms with Crippen LogP contribution in [-0.2, 0) is 11.3 Å². The summed E-state index contributed by atoms with van der Waals surface area (Å²) in [6, 6.07) is 20.2. The minimum atomic E-state index is -0.536. The molecule has 3 amide bonds. The Balaban J connectivity index is 1.62. The van der Waals surface area contributed by atoms with Gasteiger partial charge in [0.05, 0.1) is 30.6 Å². The zero-order chi connectivity index (χ0) is 27.0. The molecule has 0 aliphatic carbocycles. The molecular formula is C30H28N4O4. The second-order valence-electron chi connectivity index (χ2n) is 9.40. The molecule has 1 fully saturated rings. The highest BCUT2D eigenvalue weighted by Gasteiger charge is 2.34. The molecule has 0 saturated carbocycles. The molecule has 2 heterocycles. The van der Waals surface area contributed by atoms with Crippen molar-refractivity contribution in [2.75, 3.05) is 7.11 Å². The van der Waals surface area contributed by atoms with Gasteiger partial charge >= 0.3 is 6.03 Å². The largest absolute Gasteiger partial charge is 0.496 e. The van der Waals surface area contributed by atoms with E-state index < -0.39 is 11.9 Å². The second-order valence-corrected chi connectivity index (χ2v) is 9.40. The van der Waals surface area contributed by atoms with E-state index in [0.29, 0.717) is 22.7 Å². The molecule has 192 valence electrons. The number of aryl methyl sites for hydroxylation is 3. The van der Waals surface area contributed by atoms with Gasteiger partial charge in [0.25, 0.3) is 11.5 Å². The van der Waals surface area contributed by atoms with Crippen LogP contribution in [0.25, 0.3) is 23.0 Å². The molecule has 1 saturated heterocycles. The fourth-order valence-corrected chi connectivity index (χ4v) is 4.60. The molecule has 0 atom stereocenters. The number of aromatic nitrogens is 2. The molecular weight excluding hydrogens is 480 g/mol. The number of hydrogen-bond acceptors (Lipinski definition) is 4. The van der Waals surface area contributed by atoms with Crippen LogP contribution in [0.4, 0.5) is 4.79 Å². The molecule has 3 aromatic carbocycles.